The van der Waals surface area contributed by atoms with Gasteiger partial charge >= 0.3 is 0 Å². The predicted octanol–water partition coefficient (Wildman–Crippen LogP) is 5.55. The maximum Gasteiger partial charge on any atom is 0.278 e. The van der Waals surface area contributed by atoms with Crippen molar-refractivity contribution in [3.8, 4) is 0 Å². The summed E-state index contributed by atoms with van der Waals surface area (Å²) in [5, 5.41) is 5.38. The van der Waals surface area contributed by atoms with Crippen molar-refractivity contribution >= 4 is 33.8 Å². The van der Waals surface area contributed by atoms with Gasteiger partial charge in [0.25, 0.3) is 11.8 Å². The number of aryl methyl sites for hydroxylation is 1. The van der Waals surface area contributed by atoms with Crippen LogP contribution in [0.25, 0.3) is 16.3 Å². The van der Waals surface area contributed by atoms with Gasteiger partial charge in [0.1, 0.15) is 5.70 Å². The van der Waals surface area contributed by atoms with Crippen LogP contribution in [-0.2, 0) is 14.3 Å². The van der Waals surface area contributed by atoms with E-state index < -0.39 is 0 Å². The number of amides is 2. The zero-order valence-electron chi connectivity index (χ0n) is 19.3. The Morgan fingerprint density at radius 1 is 0.848 bits per heavy atom. The summed E-state index contributed by atoms with van der Waals surface area (Å²) in [6.45, 7) is 5.69. The van der Waals surface area contributed by atoms with E-state index in [2.05, 4.69) is 12.2 Å². The molecule has 0 saturated heterocycles. The number of carbonyl (C=O) groups is 2. The first kappa shape index (κ1) is 22.7. The lowest BCUT2D eigenvalue weighted by Gasteiger charge is -2.15. The Morgan fingerprint density at radius 3 is 2.36 bits per heavy atom. The van der Waals surface area contributed by atoms with E-state index in [-0.39, 0.29) is 11.8 Å². The van der Waals surface area contributed by atoms with E-state index in [1.807, 2.05) is 73.7 Å². The molecular formula is C28H30N2O3. The number of imide groups is 1. The van der Waals surface area contributed by atoms with Crippen molar-refractivity contribution in [2.24, 2.45) is 0 Å². The molecule has 3 aromatic carbocycles. The molecule has 1 heterocycles. The number of unbranched alkanes of at least 4 members (excludes halogenated alkanes) is 1. The van der Waals surface area contributed by atoms with Crippen LogP contribution in [-0.4, -0.2) is 36.5 Å². The van der Waals surface area contributed by atoms with Gasteiger partial charge < -0.3 is 10.1 Å². The minimum atomic E-state index is -0.294. The molecule has 1 aliphatic rings. The average molecular weight is 443 g/mol. The fourth-order valence-corrected chi connectivity index (χ4v) is 4.03. The van der Waals surface area contributed by atoms with E-state index in [1.54, 1.807) is 0 Å². The smallest absolute Gasteiger partial charge is 0.278 e. The lowest BCUT2D eigenvalue weighted by Crippen LogP contribution is -2.34. The molecule has 0 saturated carbocycles. The molecule has 0 bridgehead atoms. The van der Waals surface area contributed by atoms with E-state index in [0.29, 0.717) is 37.4 Å². The average Bonchev–Trinajstić information content (AvgIpc) is 3.06. The molecular weight excluding hydrogens is 412 g/mol. The lowest BCUT2D eigenvalue weighted by molar-refractivity contribution is -0.137. The van der Waals surface area contributed by atoms with Crippen LogP contribution in [0.2, 0.25) is 0 Å². The third kappa shape index (κ3) is 4.99. The fraction of sp³-hybridized carbons (Fsp3) is 0.286. The van der Waals surface area contributed by atoms with E-state index in [0.717, 1.165) is 40.4 Å². The first-order valence-electron chi connectivity index (χ1n) is 11.6. The molecule has 2 amide bonds. The summed E-state index contributed by atoms with van der Waals surface area (Å²) in [5.41, 5.74) is 3.38. The minimum absolute atomic E-state index is 0.264. The Morgan fingerprint density at radius 2 is 1.58 bits per heavy atom. The van der Waals surface area contributed by atoms with Gasteiger partial charge in [0, 0.05) is 30.8 Å². The van der Waals surface area contributed by atoms with Crippen LogP contribution in [0.1, 0.15) is 37.3 Å². The second-order valence-electron chi connectivity index (χ2n) is 8.35. The number of hydrogen-bond donors (Lipinski definition) is 1. The molecule has 0 aromatic heterocycles. The third-order valence-electron chi connectivity index (χ3n) is 5.87. The summed E-state index contributed by atoms with van der Waals surface area (Å²) in [5.74, 6) is -0.558. The number of nitrogens with zero attached hydrogens (tertiary/aromatic N) is 1. The topological polar surface area (TPSA) is 58.6 Å². The van der Waals surface area contributed by atoms with Crippen LogP contribution in [0.4, 0.5) is 5.69 Å². The summed E-state index contributed by atoms with van der Waals surface area (Å²) in [4.78, 5) is 28.2. The van der Waals surface area contributed by atoms with E-state index in [1.165, 1.54) is 4.90 Å². The maximum atomic E-state index is 13.4. The monoisotopic (exact) mass is 442 g/mol. The van der Waals surface area contributed by atoms with Crippen molar-refractivity contribution in [2.75, 3.05) is 25.1 Å². The number of anilines is 1. The van der Waals surface area contributed by atoms with Gasteiger partial charge in [-0.05, 0) is 36.8 Å². The summed E-state index contributed by atoms with van der Waals surface area (Å²) < 4.78 is 5.62. The number of carbonyl (C=O) groups excluding carboxylic acids is 2. The number of fused-ring (bicyclic) bond motifs is 1. The maximum absolute atomic E-state index is 13.4. The molecule has 3 aromatic rings. The molecule has 170 valence electrons. The van der Waals surface area contributed by atoms with Crippen molar-refractivity contribution in [3.05, 3.63) is 83.6 Å². The van der Waals surface area contributed by atoms with Crippen LogP contribution in [0.15, 0.2) is 72.4 Å². The summed E-state index contributed by atoms with van der Waals surface area (Å²) in [6, 6.07) is 21.6. The number of benzene rings is 3. The molecule has 5 nitrogen and oxygen atoms in total. The molecule has 0 spiro atoms. The lowest BCUT2D eigenvalue weighted by atomic mass is 10.0. The standard InChI is InChI=1S/C28H30N2O3/c1-3-4-18-33-19-8-17-30-27(31)25(22-15-13-20(2)14-16-22)26(28(30)32)29-24-12-7-10-21-9-5-6-11-23(21)24/h5-7,9-16,29H,3-4,8,17-19H2,1-2H3. The highest BCUT2D eigenvalue weighted by atomic mass is 16.5. The Hall–Kier alpha value is -3.44. The molecule has 0 fully saturated rings. The highest BCUT2D eigenvalue weighted by Crippen LogP contribution is 2.33. The summed E-state index contributed by atoms with van der Waals surface area (Å²) in [6.07, 6.45) is 2.71. The summed E-state index contributed by atoms with van der Waals surface area (Å²) >= 11 is 0. The van der Waals surface area contributed by atoms with E-state index in [9.17, 15) is 9.59 Å². The van der Waals surface area contributed by atoms with E-state index >= 15 is 0 Å². The Balaban J connectivity index is 1.63. The summed E-state index contributed by atoms with van der Waals surface area (Å²) in [7, 11) is 0. The molecule has 0 aliphatic carbocycles. The van der Waals surface area contributed by atoms with Crippen molar-refractivity contribution in [1.29, 1.82) is 0 Å². The highest BCUT2D eigenvalue weighted by Gasteiger charge is 2.39. The van der Waals surface area contributed by atoms with Crippen LogP contribution >= 0.6 is 0 Å². The van der Waals surface area contributed by atoms with Crippen molar-refractivity contribution in [1.82, 2.24) is 4.90 Å². The molecule has 4 rings (SSSR count). The number of rotatable bonds is 10. The van der Waals surface area contributed by atoms with Crippen molar-refractivity contribution < 1.29 is 14.3 Å². The normalized spacial score (nSPS) is 13.9. The van der Waals surface area contributed by atoms with Gasteiger partial charge in [0.2, 0.25) is 0 Å². The highest BCUT2D eigenvalue weighted by molar-refractivity contribution is 6.36. The quantitative estimate of drug-likeness (QED) is 0.330. The molecule has 0 unspecified atom stereocenters. The molecule has 1 aliphatic heterocycles. The zero-order chi connectivity index (χ0) is 23.2. The van der Waals surface area contributed by atoms with Crippen molar-refractivity contribution in [2.45, 2.75) is 33.1 Å². The van der Waals surface area contributed by atoms with Gasteiger partial charge in [-0.25, -0.2) is 0 Å². The number of nitrogens with one attached hydrogen (secondary N) is 1. The second kappa shape index (κ2) is 10.5. The number of ether oxygens (including phenoxy) is 1. The predicted molar refractivity (Wildman–Crippen MR) is 133 cm³/mol. The van der Waals surface area contributed by atoms with Crippen LogP contribution in [0.5, 0.6) is 0 Å². The van der Waals surface area contributed by atoms with Crippen molar-refractivity contribution in [3.63, 3.8) is 0 Å². The SMILES string of the molecule is CCCCOCCCN1C(=O)C(Nc2cccc3ccccc23)=C(c2ccc(C)cc2)C1=O. The van der Waals surface area contributed by atoms with Crippen LogP contribution in [0.3, 0.4) is 0 Å². The van der Waals surface area contributed by atoms with Crippen LogP contribution < -0.4 is 5.32 Å². The number of hydrogen-bond acceptors (Lipinski definition) is 4. The minimum Gasteiger partial charge on any atom is -0.381 e. The molecule has 5 heteroatoms. The fourth-order valence-electron chi connectivity index (χ4n) is 4.03. The van der Waals surface area contributed by atoms with Gasteiger partial charge in [0.05, 0.1) is 5.57 Å². The van der Waals surface area contributed by atoms with Gasteiger partial charge in [-0.1, -0.05) is 79.6 Å². The Labute approximate surface area is 195 Å². The molecule has 1 N–H and O–H groups in total. The third-order valence-corrected chi connectivity index (χ3v) is 5.87. The first-order valence-corrected chi connectivity index (χ1v) is 11.6. The molecule has 33 heavy (non-hydrogen) atoms. The second-order valence-corrected chi connectivity index (χ2v) is 8.35. The molecule has 0 radical (unpaired) electrons. The van der Waals surface area contributed by atoms with Gasteiger partial charge in [-0.2, -0.15) is 0 Å². The van der Waals surface area contributed by atoms with Gasteiger partial charge in [-0.3, -0.25) is 14.5 Å². The van der Waals surface area contributed by atoms with Gasteiger partial charge in [0.15, 0.2) is 0 Å². The van der Waals surface area contributed by atoms with E-state index in [4.69, 9.17) is 4.74 Å². The Kier molecular flexibility index (Phi) is 7.20. The zero-order valence-corrected chi connectivity index (χ0v) is 19.3. The first-order chi connectivity index (χ1) is 16.1. The van der Waals surface area contributed by atoms with Gasteiger partial charge in [-0.15, -0.1) is 0 Å². The Bertz CT molecular complexity index is 1180. The largest absolute Gasteiger partial charge is 0.381 e. The van der Waals surface area contributed by atoms with Crippen LogP contribution in [0, 0.1) is 6.92 Å². The molecule has 0 atom stereocenters.